The van der Waals surface area contributed by atoms with Crippen molar-refractivity contribution >= 4 is 17.3 Å². The molecule has 0 amide bonds. The molecule has 0 N–H and O–H groups in total. The van der Waals surface area contributed by atoms with E-state index in [1.165, 1.54) is 0 Å². The molecule has 0 atom stereocenters. The molecule has 4 nitrogen and oxygen atoms in total. The van der Waals surface area contributed by atoms with E-state index in [1.54, 1.807) is 6.92 Å². The molecule has 2 aromatic rings. The number of hydrogen-bond acceptors (Lipinski definition) is 5. The minimum absolute atomic E-state index is 0.165. The second-order valence-corrected chi connectivity index (χ2v) is 5.00. The van der Waals surface area contributed by atoms with E-state index in [9.17, 15) is 9.90 Å². The van der Waals surface area contributed by atoms with E-state index >= 15 is 0 Å². The Kier molecular flexibility index (Phi) is 3.62. The number of carbonyl (C=O) groups is 1. The highest BCUT2D eigenvalue weighted by Gasteiger charge is 2.08. The highest BCUT2D eigenvalue weighted by atomic mass is 32.1. The highest BCUT2D eigenvalue weighted by Crippen LogP contribution is 2.20. The lowest BCUT2D eigenvalue weighted by molar-refractivity contribution is -0.254. The van der Waals surface area contributed by atoms with Crippen molar-refractivity contribution in [3.05, 3.63) is 45.4 Å². The summed E-state index contributed by atoms with van der Waals surface area (Å²) in [4.78, 5) is 15.1. The number of aryl methyl sites for hydroxylation is 2. The molecule has 0 fully saturated rings. The van der Waals surface area contributed by atoms with Gasteiger partial charge in [-0.1, -0.05) is 12.1 Å². The summed E-state index contributed by atoms with van der Waals surface area (Å²) in [6.07, 6.45) is 0. The molecule has 2 rings (SSSR count). The lowest BCUT2D eigenvalue weighted by Gasteiger charge is -2.04. The van der Waals surface area contributed by atoms with Crippen LogP contribution in [0.1, 0.15) is 25.9 Å². The van der Waals surface area contributed by atoms with Gasteiger partial charge in [-0.25, -0.2) is 4.98 Å². The lowest BCUT2D eigenvalue weighted by atomic mass is 10.2. The smallest absolute Gasteiger partial charge is 0.140 e. The van der Waals surface area contributed by atoms with Gasteiger partial charge in [-0.05, 0) is 31.5 Å². The molecular formula is C13H12NO3S-. The zero-order valence-electron chi connectivity index (χ0n) is 10.1. The fourth-order valence-corrected chi connectivity index (χ4v) is 2.37. The van der Waals surface area contributed by atoms with Crippen molar-refractivity contribution in [2.24, 2.45) is 0 Å². The van der Waals surface area contributed by atoms with Gasteiger partial charge in [-0.3, -0.25) is 0 Å². The quantitative estimate of drug-likeness (QED) is 0.841. The Bertz CT molecular complexity index is 577. The van der Waals surface area contributed by atoms with Crippen molar-refractivity contribution in [2.75, 3.05) is 0 Å². The third kappa shape index (κ3) is 2.87. The Labute approximate surface area is 109 Å². The average Bonchev–Trinajstić information content (AvgIpc) is 2.68. The maximum Gasteiger partial charge on any atom is 0.140 e. The molecule has 0 spiro atoms. The monoisotopic (exact) mass is 262 g/mol. The van der Waals surface area contributed by atoms with Crippen molar-refractivity contribution in [1.29, 1.82) is 0 Å². The average molecular weight is 262 g/mol. The summed E-state index contributed by atoms with van der Waals surface area (Å²) >= 11 is 1.09. The predicted octanol–water partition coefficient (Wildman–Crippen LogP) is 1.70. The molecule has 18 heavy (non-hydrogen) atoms. The normalized spacial score (nSPS) is 10.3. The zero-order valence-corrected chi connectivity index (χ0v) is 10.9. The van der Waals surface area contributed by atoms with E-state index in [2.05, 4.69) is 4.98 Å². The van der Waals surface area contributed by atoms with Crippen LogP contribution < -0.4 is 9.84 Å². The van der Waals surface area contributed by atoms with E-state index in [-0.39, 0.29) is 11.5 Å². The molecule has 1 aromatic carbocycles. The van der Waals surface area contributed by atoms with Gasteiger partial charge in [0.05, 0.1) is 16.5 Å². The van der Waals surface area contributed by atoms with Gasteiger partial charge in [0.1, 0.15) is 17.4 Å². The summed E-state index contributed by atoms with van der Waals surface area (Å²) in [5, 5.41) is 11.4. The van der Waals surface area contributed by atoms with Gasteiger partial charge in [0, 0.05) is 0 Å². The van der Waals surface area contributed by atoms with E-state index in [0.29, 0.717) is 10.7 Å². The number of aromatic nitrogens is 1. The Hall–Kier alpha value is -1.88. The zero-order chi connectivity index (χ0) is 13.1. The minimum Gasteiger partial charge on any atom is -0.544 e. The summed E-state index contributed by atoms with van der Waals surface area (Å²) in [6, 6.07) is 7.66. The van der Waals surface area contributed by atoms with E-state index < -0.39 is 5.97 Å². The van der Waals surface area contributed by atoms with Gasteiger partial charge in [-0.2, -0.15) is 0 Å². The molecule has 0 bridgehead atoms. The van der Waals surface area contributed by atoms with Crippen LogP contribution in [0.3, 0.4) is 0 Å². The molecular weight excluding hydrogens is 250 g/mol. The number of thiazole rings is 1. The largest absolute Gasteiger partial charge is 0.544 e. The van der Waals surface area contributed by atoms with E-state index in [1.807, 2.05) is 31.2 Å². The number of carboxylic acids is 1. The van der Waals surface area contributed by atoms with Gasteiger partial charge in [-0.15, -0.1) is 11.3 Å². The van der Waals surface area contributed by atoms with Crippen LogP contribution in [0, 0.1) is 13.8 Å². The van der Waals surface area contributed by atoms with Crippen LogP contribution >= 0.6 is 11.3 Å². The third-order valence-corrected chi connectivity index (χ3v) is 3.49. The minimum atomic E-state index is -1.19. The Morgan fingerprint density at radius 2 is 2.22 bits per heavy atom. The number of benzene rings is 1. The Morgan fingerprint density at radius 1 is 1.44 bits per heavy atom. The van der Waals surface area contributed by atoms with Crippen molar-refractivity contribution in [2.45, 2.75) is 20.5 Å². The molecule has 1 heterocycles. The Balaban J connectivity index is 2.06. The van der Waals surface area contributed by atoms with Gasteiger partial charge < -0.3 is 14.6 Å². The first-order valence-corrected chi connectivity index (χ1v) is 6.25. The highest BCUT2D eigenvalue weighted by molar-refractivity contribution is 7.13. The number of aromatic carboxylic acids is 1. The van der Waals surface area contributed by atoms with Gasteiger partial charge >= 0.3 is 0 Å². The molecule has 0 aliphatic heterocycles. The predicted molar refractivity (Wildman–Crippen MR) is 66.7 cm³/mol. The number of carbonyl (C=O) groups excluding carboxylic acids is 1. The van der Waals surface area contributed by atoms with Gasteiger partial charge in [0.15, 0.2) is 0 Å². The number of nitrogens with zero attached hydrogens (tertiary/aromatic N) is 1. The van der Waals surface area contributed by atoms with Crippen molar-refractivity contribution in [3.8, 4) is 5.75 Å². The molecule has 0 saturated carbocycles. The molecule has 5 heteroatoms. The van der Waals surface area contributed by atoms with E-state index in [0.717, 1.165) is 22.6 Å². The Morgan fingerprint density at radius 3 is 2.83 bits per heavy atom. The van der Waals surface area contributed by atoms with Crippen LogP contribution in [0.5, 0.6) is 5.75 Å². The molecule has 0 saturated heterocycles. The van der Waals surface area contributed by atoms with Crippen LogP contribution in [0.4, 0.5) is 0 Å². The fraction of sp³-hybridized carbons (Fsp3) is 0.231. The fourth-order valence-electron chi connectivity index (χ4n) is 1.55. The van der Waals surface area contributed by atoms with Gasteiger partial charge in [0.25, 0.3) is 0 Å². The molecule has 0 aliphatic rings. The van der Waals surface area contributed by atoms with Crippen LogP contribution in [0.2, 0.25) is 0 Å². The first-order valence-electron chi connectivity index (χ1n) is 5.43. The second-order valence-electron chi connectivity index (χ2n) is 3.91. The van der Waals surface area contributed by atoms with Crippen LogP contribution in [-0.4, -0.2) is 11.0 Å². The third-order valence-electron chi connectivity index (χ3n) is 2.38. The second kappa shape index (κ2) is 5.18. The molecule has 1 aromatic heterocycles. The topological polar surface area (TPSA) is 62.2 Å². The van der Waals surface area contributed by atoms with E-state index in [4.69, 9.17) is 4.74 Å². The summed E-state index contributed by atoms with van der Waals surface area (Å²) in [5.74, 6) is -0.440. The van der Waals surface area contributed by atoms with Crippen molar-refractivity contribution < 1.29 is 14.6 Å². The molecule has 0 unspecified atom stereocenters. The van der Waals surface area contributed by atoms with Crippen molar-refractivity contribution in [3.63, 3.8) is 0 Å². The van der Waals surface area contributed by atoms with Gasteiger partial charge in [0.2, 0.25) is 0 Å². The SMILES string of the molecule is Cc1cccc(OCc2nc(C)c(C(=O)[O-])s2)c1. The summed E-state index contributed by atoms with van der Waals surface area (Å²) in [6.45, 7) is 3.90. The summed E-state index contributed by atoms with van der Waals surface area (Å²) < 4.78 is 5.56. The summed E-state index contributed by atoms with van der Waals surface area (Å²) in [7, 11) is 0. The maximum atomic E-state index is 10.8. The number of ether oxygens (including phenoxy) is 1. The van der Waals surface area contributed by atoms with Crippen LogP contribution in [-0.2, 0) is 6.61 Å². The number of carboxylic acid groups (broad SMARTS) is 1. The van der Waals surface area contributed by atoms with Crippen molar-refractivity contribution in [1.82, 2.24) is 4.98 Å². The number of rotatable bonds is 4. The summed E-state index contributed by atoms with van der Waals surface area (Å²) in [5.41, 5.74) is 1.58. The molecule has 0 radical (unpaired) electrons. The molecule has 94 valence electrons. The first kappa shape index (κ1) is 12.6. The van der Waals surface area contributed by atoms with Crippen LogP contribution in [0.25, 0.3) is 0 Å². The first-order chi connectivity index (χ1) is 8.56. The maximum absolute atomic E-state index is 10.8. The standard InChI is InChI=1S/C13H13NO3S/c1-8-4-3-5-10(6-8)17-7-11-14-9(2)12(18-11)13(15)16/h3-6H,7H2,1-2H3,(H,15,16)/p-1. The lowest BCUT2D eigenvalue weighted by Crippen LogP contribution is -2.21. The van der Waals surface area contributed by atoms with Crippen LogP contribution in [0.15, 0.2) is 24.3 Å². The number of hydrogen-bond donors (Lipinski definition) is 0. The molecule has 0 aliphatic carbocycles.